The Labute approximate surface area is 258 Å². The van der Waals surface area contributed by atoms with E-state index < -0.39 is 83.9 Å². The van der Waals surface area contributed by atoms with E-state index in [9.17, 15) is 39.0 Å². The summed E-state index contributed by atoms with van der Waals surface area (Å²) < 4.78 is 48.6. The number of aliphatic hydroxyl groups excluding tert-OH is 3. The van der Waals surface area contributed by atoms with Gasteiger partial charge in [0.2, 0.25) is 5.91 Å². The summed E-state index contributed by atoms with van der Waals surface area (Å²) in [5.41, 5.74) is 0. The summed E-state index contributed by atoms with van der Waals surface area (Å²) in [6.07, 6.45) is 2.10. The molecule has 44 heavy (non-hydrogen) atoms. The standard InChI is InChI=1S/C26H51NO15P2/c1-2-3-4-5-6-7-8-9-10-11-12-13-21(30)27-23-24(31)25(42-44(35,36)37)19(16-28)40-26(23)38-17-20-18(29)14-15-22(39-20)41-43(32,33)34/h18-20,22-26,28-29,31H,2-17H2,1H3,(H,27,30)(H2,32,33,34)(H2,35,36,37)/t18-,19+,20-,22+,23+,24-,25-,26-/m1/s1. The number of hydrogen-bond acceptors (Lipinski definition) is 11. The first-order chi connectivity index (χ1) is 20.7. The predicted molar refractivity (Wildman–Crippen MR) is 155 cm³/mol. The van der Waals surface area contributed by atoms with Crippen LogP contribution in [0.4, 0.5) is 0 Å². The Kier molecular flexibility index (Phi) is 18.0. The van der Waals surface area contributed by atoms with Gasteiger partial charge in [0.05, 0.1) is 19.3 Å². The Hall–Kier alpha value is -0.550. The van der Waals surface area contributed by atoms with Crippen molar-refractivity contribution in [2.75, 3.05) is 13.2 Å². The van der Waals surface area contributed by atoms with Crippen molar-refractivity contribution >= 4 is 21.6 Å². The van der Waals surface area contributed by atoms with Gasteiger partial charge in [0, 0.05) is 12.8 Å². The molecule has 2 fully saturated rings. The minimum atomic E-state index is -5.15. The van der Waals surface area contributed by atoms with Gasteiger partial charge >= 0.3 is 15.6 Å². The van der Waals surface area contributed by atoms with Crippen molar-refractivity contribution in [3.63, 3.8) is 0 Å². The van der Waals surface area contributed by atoms with Crippen molar-refractivity contribution in [2.24, 2.45) is 0 Å². The normalized spacial score (nSPS) is 29.9. The molecule has 0 aromatic heterocycles. The second-order valence-corrected chi connectivity index (χ2v) is 13.7. The van der Waals surface area contributed by atoms with Crippen LogP contribution in [0, 0.1) is 0 Å². The first-order valence-corrected chi connectivity index (χ1v) is 18.5. The van der Waals surface area contributed by atoms with Gasteiger partial charge in [-0.1, -0.05) is 71.1 Å². The summed E-state index contributed by atoms with van der Waals surface area (Å²) in [6, 6.07) is -1.41. The Bertz CT molecular complexity index is 918. The Balaban J connectivity index is 1.95. The van der Waals surface area contributed by atoms with Gasteiger partial charge in [-0.25, -0.2) is 9.13 Å². The number of nitrogens with one attached hydrogen (secondary N) is 1. The summed E-state index contributed by atoms with van der Waals surface area (Å²) in [7, 11) is -10.0. The molecule has 0 aromatic rings. The fraction of sp³-hybridized carbons (Fsp3) is 0.962. The van der Waals surface area contributed by atoms with E-state index in [2.05, 4.69) is 21.3 Å². The molecule has 1 amide bonds. The molecule has 0 saturated carbocycles. The van der Waals surface area contributed by atoms with Crippen LogP contribution >= 0.6 is 15.6 Å². The van der Waals surface area contributed by atoms with Crippen LogP contribution in [0.3, 0.4) is 0 Å². The van der Waals surface area contributed by atoms with Crippen molar-refractivity contribution in [3.8, 4) is 0 Å². The van der Waals surface area contributed by atoms with E-state index in [1.165, 1.54) is 38.5 Å². The molecular weight excluding hydrogens is 628 g/mol. The third-order valence-electron chi connectivity index (χ3n) is 7.58. The third-order valence-corrected chi connectivity index (χ3v) is 8.61. The molecule has 260 valence electrons. The number of unbranched alkanes of at least 4 members (excludes halogenated alkanes) is 10. The predicted octanol–water partition coefficient (Wildman–Crippen LogP) is 1.72. The lowest BCUT2D eigenvalue weighted by atomic mass is 9.96. The van der Waals surface area contributed by atoms with Gasteiger partial charge in [-0.3, -0.25) is 13.8 Å². The molecule has 0 bridgehead atoms. The maximum atomic E-state index is 12.8. The number of carbonyl (C=O) groups excluding carboxylic acids is 1. The van der Waals surface area contributed by atoms with Crippen LogP contribution in [0.2, 0.25) is 0 Å². The largest absolute Gasteiger partial charge is 0.471 e. The maximum Gasteiger partial charge on any atom is 0.471 e. The molecule has 0 aliphatic carbocycles. The average molecular weight is 680 g/mol. The molecule has 0 aromatic carbocycles. The number of ether oxygens (including phenoxy) is 3. The molecule has 18 heteroatoms. The van der Waals surface area contributed by atoms with Gasteiger partial charge in [0.25, 0.3) is 0 Å². The van der Waals surface area contributed by atoms with E-state index in [0.717, 1.165) is 25.7 Å². The van der Waals surface area contributed by atoms with E-state index >= 15 is 0 Å². The number of phosphoric ester groups is 2. The van der Waals surface area contributed by atoms with Crippen molar-refractivity contribution in [3.05, 3.63) is 0 Å². The van der Waals surface area contributed by atoms with Gasteiger partial charge in [-0.15, -0.1) is 0 Å². The Morgan fingerprint density at radius 2 is 1.39 bits per heavy atom. The molecule has 0 unspecified atom stereocenters. The SMILES string of the molecule is CCCCCCCCCCCCCC(=O)N[C@@H]1[C@H](OC[C@H]2O[C@@H](OP(=O)(O)O)CC[C@H]2O)O[C@@H](CO)[C@@H](OP(=O)(O)O)[C@@H]1O. The van der Waals surface area contributed by atoms with E-state index in [1.54, 1.807) is 0 Å². The summed E-state index contributed by atoms with van der Waals surface area (Å²) in [4.78, 5) is 49.6. The van der Waals surface area contributed by atoms with Crippen LogP contribution in [0.15, 0.2) is 0 Å². The van der Waals surface area contributed by atoms with Crippen LogP contribution in [-0.2, 0) is 37.2 Å². The lowest BCUT2D eigenvalue weighted by Crippen LogP contribution is -2.65. The molecule has 2 rings (SSSR count). The number of hydrogen-bond donors (Lipinski definition) is 8. The van der Waals surface area contributed by atoms with Gasteiger partial charge in [0.1, 0.15) is 30.5 Å². The van der Waals surface area contributed by atoms with E-state index in [-0.39, 0.29) is 19.3 Å². The van der Waals surface area contributed by atoms with Crippen LogP contribution < -0.4 is 5.32 Å². The van der Waals surface area contributed by atoms with Crippen LogP contribution in [0.5, 0.6) is 0 Å². The number of rotatable bonds is 21. The topological polar surface area (TPSA) is 251 Å². The van der Waals surface area contributed by atoms with Crippen molar-refractivity contribution < 1.29 is 72.1 Å². The molecule has 2 heterocycles. The highest BCUT2D eigenvalue weighted by Crippen LogP contribution is 2.42. The quantitative estimate of drug-likeness (QED) is 0.0635. The highest BCUT2D eigenvalue weighted by atomic mass is 31.2. The molecule has 2 aliphatic heterocycles. The Morgan fingerprint density at radius 1 is 0.818 bits per heavy atom. The zero-order chi connectivity index (χ0) is 32.8. The van der Waals surface area contributed by atoms with Gasteiger partial charge < -0.3 is 54.4 Å². The maximum absolute atomic E-state index is 12.8. The van der Waals surface area contributed by atoms with E-state index in [0.29, 0.717) is 6.42 Å². The highest BCUT2D eigenvalue weighted by molar-refractivity contribution is 7.46. The van der Waals surface area contributed by atoms with Crippen LogP contribution in [0.25, 0.3) is 0 Å². The average Bonchev–Trinajstić information content (AvgIpc) is 2.93. The molecule has 8 atom stereocenters. The number of phosphoric acid groups is 2. The van der Waals surface area contributed by atoms with Gasteiger partial charge in [-0.2, -0.15) is 0 Å². The summed E-state index contributed by atoms with van der Waals surface area (Å²) in [5, 5.41) is 33.6. The number of amides is 1. The first kappa shape index (κ1) is 39.6. The van der Waals surface area contributed by atoms with Crippen molar-refractivity contribution in [1.82, 2.24) is 5.32 Å². The fourth-order valence-electron chi connectivity index (χ4n) is 5.28. The molecule has 2 aliphatic rings. The molecule has 2 saturated heterocycles. The zero-order valence-electron chi connectivity index (χ0n) is 25.2. The molecule has 0 radical (unpaired) electrons. The Morgan fingerprint density at radius 3 is 1.93 bits per heavy atom. The van der Waals surface area contributed by atoms with Crippen LogP contribution in [0.1, 0.15) is 96.8 Å². The summed E-state index contributed by atoms with van der Waals surface area (Å²) in [5.74, 6) is -0.483. The summed E-state index contributed by atoms with van der Waals surface area (Å²) >= 11 is 0. The molecule has 0 spiro atoms. The minimum absolute atomic E-state index is 0.00682. The smallest absolute Gasteiger partial charge is 0.394 e. The number of aliphatic hydroxyl groups is 3. The first-order valence-electron chi connectivity index (χ1n) is 15.4. The highest BCUT2D eigenvalue weighted by Gasteiger charge is 2.49. The molecule has 16 nitrogen and oxygen atoms in total. The lowest BCUT2D eigenvalue weighted by Gasteiger charge is -2.44. The van der Waals surface area contributed by atoms with Gasteiger partial charge in [0.15, 0.2) is 12.6 Å². The third kappa shape index (κ3) is 15.4. The second-order valence-electron chi connectivity index (χ2n) is 11.3. The monoisotopic (exact) mass is 679 g/mol. The van der Waals surface area contributed by atoms with Crippen molar-refractivity contribution in [1.29, 1.82) is 0 Å². The molecular formula is C26H51NO15P2. The minimum Gasteiger partial charge on any atom is -0.394 e. The zero-order valence-corrected chi connectivity index (χ0v) is 27.0. The van der Waals surface area contributed by atoms with Crippen molar-refractivity contribution in [2.45, 2.75) is 146 Å². The van der Waals surface area contributed by atoms with Gasteiger partial charge in [-0.05, 0) is 12.8 Å². The second kappa shape index (κ2) is 20.0. The van der Waals surface area contributed by atoms with Crippen LogP contribution in [-0.4, -0.2) is 103 Å². The number of carbonyl (C=O) groups is 1. The van der Waals surface area contributed by atoms with E-state index in [1.807, 2.05) is 0 Å². The lowest BCUT2D eigenvalue weighted by molar-refractivity contribution is -0.284. The summed E-state index contributed by atoms with van der Waals surface area (Å²) in [6.45, 7) is 0.905. The molecule has 8 N–H and O–H groups in total. The van der Waals surface area contributed by atoms with E-state index in [4.69, 9.17) is 24.0 Å². The fourth-order valence-corrected chi connectivity index (χ4v) is 6.32.